The van der Waals surface area contributed by atoms with Crippen LogP contribution in [0.3, 0.4) is 0 Å². The molecule has 22 heavy (non-hydrogen) atoms. The molecule has 0 fully saturated rings. The van der Waals surface area contributed by atoms with Crippen LogP contribution in [-0.2, 0) is 6.54 Å². The van der Waals surface area contributed by atoms with Gasteiger partial charge in [0.25, 0.3) is 0 Å². The van der Waals surface area contributed by atoms with Crippen molar-refractivity contribution in [2.45, 2.75) is 26.4 Å². The molecule has 2 amide bonds. The van der Waals surface area contributed by atoms with Gasteiger partial charge in [-0.1, -0.05) is 18.2 Å². The molecule has 0 bridgehead atoms. The summed E-state index contributed by atoms with van der Waals surface area (Å²) in [5, 5.41) is 7.60. The molecule has 3 rings (SSSR count). The minimum atomic E-state index is -0.235. The zero-order valence-electron chi connectivity index (χ0n) is 12.4. The smallest absolute Gasteiger partial charge is 0.315 e. The molecule has 114 valence electrons. The monoisotopic (exact) mass is 315 g/mol. The molecular formula is C16H17N3O2S. The first-order valence-electron chi connectivity index (χ1n) is 7.06. The van der Waals surface area contributed by atoms with Crippen LogP contribution in [0, 0.1) is 6.92 Å². The fourth-order valence-electron chi connectivity index (χ4n) is 2.17. The number of rotatable bonds is 4. The molecule has 1 aromatic carbocycles. The van der Waals surface area contributed by atoms with Gasteiger partial charge in [-0.05, 0) is 26.0 Å². The number of nitrogens with zero attached hydrogens (tertiary/aromatic N) is 1. The molecule has 0 unspecified atom stereocenters. The molecule has 2 heterocycles. The number of furan rings is 1. The summed E-state index contributed by atoms with van der Waals surface area (Å²) in [5.41, 5.74) is 0.824. The van der Waals surface area contributed by atoms with Gasteiger partial charge >= 0.3 is 6.03 Å². The minimum Gasteiger partial charge on any atom is -0.459 e. The Kier molecular flexibility index (Phi) is 4.11. The number of carbonyl (C=O) groups excluding carboxylic acids is 1. The number of urea groups is 1. The molecule has 0 aliphatic carbocycles. The highest BCUT2D eigenvalue weighted by atomic mass is 32.1. The van der Waals surface area contributed by atoms with E-state index in [9.17, 15) is 4.79 Å². The van der Waals surface area contributed by atoms with Crippen LogP contribution in [0.2, 0.25) is 0 Å². The highest BCUT2D eigenvalue weighted by Crippen LogP contribution is 2.23. The molecule has 2 aromatic heterocycles. The van der Waals surface area contributed by atoms with Crippen molar-refractivity contribution in [1.29, 1.82) is 0 Å². The van der Waals surface area contributed by atoms with E-state index in [-0.39, 0.29) is 12.1 Å². The number of aromatic nitrogens is 1. The number of aryl methyl sites for hydroxylation is 1. The molecule has 3 aromatic rings. The van der Waals surface area contributed by atoms with Crippen LogP contribution in [0.5, 0.6) is 0 Å². The van der Waals surface area contributed by atoms with Gasteiger partial charge in [-0.25, -0.2) is 9.78 Å². The Labute approximate surface area is 132 Å². The molecule has 2 N–H and O–H groups in total. The second-order valence-corrected chi connectivity index (χ2v) is 6.42. The Hall–Kier alpha value is -2.34. The summed E-state index contributed by atoms with van der Waals surface area (Å²) in [6.07, 6.45) is 1.80. The normalized spacial score (nSPS) is 12.3. The number of fused-ring (bicyclic) bond motifs is 1. The molecule has 1 atom stereocenters. The van der Waals surface area contributed by atoms with Crippen LogP contribution in [0.15, 0.2) is 40.9 Å². The fraction of sp³-hybridized carbons (Fsp3) is 0.250. The molecule has 0 saturated carbocycles. The zero-order valence-corrected chi connectivity index (χ0v) is 13.2. The van der Waals surface area contributed by atoms with Gasteiger partial charge < -0.3 is 15.1 Å². The first kappa shape index (κ1) is 14.6. The third kappa shape index (κ3) is 3.28. The van der Waals surface area contributed by atoms with E-state index in [2.05, 4.69) is 15.6 Å². The van der Waals surface area contributed by atoms with Gasteiger partial charge in [-0.3, -0.25) is 0 Å². The predicted octanol–water partition coefficient (Wildman–Crippen LogP) is 3.76. The van der Waals surface area contributed by atoms with E-state index < -0.39 is 0 Å². The van der Waals surface area contributed by atoms with Crippen LogP contribution in [0.4, 0.5) is 4.79 Å². The van der Waals surface area contributed by atoms with Crippen molar-refractivity contribution in [1.82, 2.24) is 15.6 Å². The van der Waals surface area contributed by atoms with Crippen LogP contribution >= 0.6 is 11.3 Å². The molecule has 0 saturated heterocycles. The van der Waals surface area contributed by atoms with E-state index in [1.54, 1.807) is 17.5 Å². The number of amides is 2. The van der Waals surface area contributed by atoms with Crippen molar-refractivity contribution >= 4 is 28.3 Å². The van der Waals surface area contributed by atoms with Gasteiger partial charge in [0, 0.05) is 16.5 Å². The zero-order chi connectivity index (χ0) is 15.5. The largest absolute Gasteiger partial charge is 0.459 e. The summed E-state index contributed by atoms with van der Waals surface area (Å²) < 4.78 is 5.74. The summed E-state index contributed by atoms with van der Waals surface area (Å²) in [5.74, 6) is 0.737. The minimum absolute atomic E-state index is 0.203. The number of nitrogens with one attached hydrogen (secondary N) is 2. The maximum atomic E-state index is 11.9. The van der Waals surface area contributed by atoms with Gasteiger partial charge in [0.05, 0.1) is 12.6 Å². The van der Waals surface area contributed by atoms with Gasteiger partial charge in [0.2, 0.25) is 0 Å². The molecule has 0 spiro atoms. The Bertz CT molecular complexity index is 760. The van der Waals surface area contributed by atoms with Crippen molar-refractivity contribution in [2.75, 3.05) is 0 Å². The highest BCUT2D eigenvalue weighted by molar-refractivity contribution is 7.11. The first-order chi connectivity index (χ1) is 10.6. The molecule has 0 radical (unpaired) electrons. The van der Waals surface area contributed by atoms with Gasteiger partial charge in [0.1, 0.15) is 16.4 Å². The van der Waals surface area contributed by atoms with E-state index in [0.717, 1.165) is 26.6 Å². The summed E-state index contributed by atoms with van der Waals surface area (Å²) in [7, 11) is 0. The second-order valence-electron chi connectivity index (χ2n) is 5.10. The van der Waals surface area contributed by atoms with E-state index in [4.69, 9.17) is 4.42 Å². The van der Waals surface area contributed by atoms with Crippen molar-refractivity contribution in [3.63, 3.8) is 0 Å². The lowest BCUT2D eigenvalue weighted by Gasteiger charge is -2.11. The third-order valence-electron chi connectivity index (χ3n) is 3.29. The first-order valence-corrected chi connectivity index (χ1v) is 7.87. The number of carbonyl (C=O) groups is 1. The number of hydrogen-bond donors (Lipinski definition) is 2. The van der Waals surface area contributed by atoms with Crippen LogP contribution in [-0.4, -0.2) is 11.0 Å². The van der Waals surface area contributed by atoms with Crippen molar-refractivity contribution in [3.8, 4) is 0 Å². The molecular weight excluding hydrogens is 298 g/mol. The Morgan fingerprint density at radius 3 is 2.95 bits per heavy atom. The number of benzene rings is 1. The third-order valence-corrected chi connectivity index (χ3v) is 4.20. The second kappa shape index (κ2) is 6.19. The lowest BCUT2D eigenvalue weighted by Crippen LogP contribution is -2.36. The van der Waals surface area contributed by atoms with Crippen LogP contribution < -0.4 is 10.6 Å². The summed E-state index contributed by atoms with van der Waals surface area (Å²) in [6.45, 7) is 4.31. The van der Waals surface area contributed by atoms with E-state index in [1.165, 1.54) is 0 Å². The predicted molar refractivity (Wildman–Crippen MR) is 86.9 cm³/mol. The van der Waals surface area contributed by atoms with Gasteiger partial charge in [0.15, 0.2) is 0 Å². The lowest BCUT2D eigenvalue weighted by molar-refractivity contribution is 0.236. The Balaban J connectivity index is 1.58. The maximum Gasteiger partial charge on any atom is 0.315 e. The molecule has 0 aliphatic heterocycles. The molecule has 5 nitrogen and oxygen atoms in total. The fourth-order valence-corrected chi connectivity index (χ4v) is 2.90. The van der Waals surface area contributed by atoms with Crippen LogP contribution in [0.1, 0.15) is 28.6 Å². The standard InChI is InChI=1S/C16H17N3O2S/c1-10-8-17-15(22-10)9-18-16(20)19-11(2)14-7-12-5-3-4-6-13(12)21-14/h3-8,11H,9H2,1-2H3,(H2,18,19,20)/t11-/m1/s1. The highest BCUT2D eigenvalue weighted by Gasteiger charge is 2.14. The quantitative estimate of drug-likeness (QED) is 0.770. The Morgan fingerprint density at radius 2 is 2.23 bits per heavy atom. The van der Waals surface area contributed by atoms with Crippen LogP contribution in [0.25, 0.3) is 11.0 Å². The summed E-state index contributed by atoms with van der Waals surface area (Å²) >= 11 is 1.58. The van der Waals surface area contributed by atoms with E-state index >= 15 is 0 Å². The average molecular weight is 315 g/mol. The number of hydrogen-bond acceptors (Lipinski definition) is 4. The van der Waals surface area contributed by atoms with Crippen molar-refractivity contribution in [3.05, 3.63) is 52.2 Å². The van der Waals surface area contributed by atoms with Crippen molar-refractivity contribution < 1.29 is 9.21 Å². The lowest BCUT2D eigenvalue weighted by atomic mass is 10.2. The maximum absolute atomic E-state index is 11.9. The van der Waals surface area contributed by atoms with E-state index in [1.807, 2.05) is 44.2 Å². The van der Waals surface area contributed by atoms with E-state index in [0.29, 0.717) is 6.54 Å². The SMILES string of the molecule is Cc1cnc(CNC(=O)N[C@H](C)c2cc3ccccc3o2)s1. The average Bonchev–Trinajstić information content (AvgIpc) is 3.11. The van der Waals surface area contributed by atoms with Gasteiger partial charge in [-0.2, -0.15) is 0 Å². The molecule has 0 aliphatic rings. The van der Waals surface area contributed by atoms with Gasteiger partial charge in [-0.15, -0.1) is 11.3 Å². The number of para-hydroxylation sites is 1. The topological polar surface area (TPSA) is 67.2 Å². The summed E-state index contributed by atoms with van der Waals surface area (Å²) in [4.78, 5) is 17.3. The summed E-state index contributed by atoms with van der Waals surface area (Å²) in [6, 6.07) is 9.30. The number of thiazole rings is 1. The Morgan fingerprint density at radius 1 is 1.41 bits per heavy atom. The molecule has 6 heteroatoms. The van der Waals surface area contributed by atoms with Crippen molar-refractivity contribution in [2.24, 2.45) is 0 Å².